The van der Waals surface area contributed by atoms with Gasteiger partial charge in [0, 0.05) is 32.7 Å². The third kappa shape index (κ3) is 3.46. The number of morpholine rings is 1. The van der Waals surface area contributed by atoms with E-state index in [1.807, 2.05) is 0 Å². The minimum absolute atomic E-state index is 0.548. The van der Waals surface area contributed by atoms with Gasteiger partial charge in [0.1, 0.15) is 0 Å². The summed E-state index contributed by atoms with van der Waals surface area (Å²) in [5.74, 6) is 1.03. The molecule has 2 aliphatic heterocycles. The van der Waals surface area contributed by atoms with Crippen molar-refractivity contribution >= 4 is 0 Å². The molecule has 0 aromatic carbocycles. The van der Waals surface area contributed by atoms with Crippen LogP contribution in [0.25, 0.3) is 0 Å². The molecule has 3 fully saturated rings. The molecule has 0 spiro atoms. The Morgan fingerprint density at radius 1 is 1.06 bits per heavy atom. The Morgan fingerprint density at radius 3 is 2.39 bits per heavy atom. The Labute approximate surface area is 111 Å². The first-order valence-corrected chi connectivity index (χ1v) is 7.93. The molecule has 3 aliphatic rings. The van der Waals surface area contributed by atoms with Gasteiger partial charge >= 0.3 is 0 Å². The van der Waals surface area contributed by atoms with Gasteiger partial charge in [-0.3, -0.25) is 4.90 Å². The molecule has 0 radical (unpaired) electrons. The molecule has 104 valence electrons. The van der Waals surface area contributed by atoms with Crippen molar-refractivity contribution in [3.63, 3.8) is 0 Å². The van der Waals surface area contributed by atoms with Gasteiger partial charge in [0.2, 0.25) is 0 Å². The van der Waals surface area contributed by atoms with E-state index in [4.69, 9.17) is 4.74 Å². The average molecular weight is 252 g/mol. The van der Waals surface area contributed by atoms with Crippen LogP contribution in [-0.4, -0.2) is 61.3 Å². The Hall–Kier alpha value is -0.120. The first-order chi connectivity index (χ1) is 8.83. The maximum Gasteiger partial charge on any atom is 0.0707 e. The molecule has 3 rings (SSSR count). The lowest BCUT2D eigenvalue weighted by Crippen LogP contribution is -2.46. The predicted molar refractivity (Wildman–Crippen MR) is 73.8 cm³/mol. The van der Waals surface area contributed by atoms with Crippen LogP contribution < -0.4 is 0 Å². The van der Waals surface area contributed by atoms with E-state index in [0.717, 1.165) is 5.92 Å². The first kappa shape index (κ1) is 12.9. The van der Waals surface area contributed by atoms with E-state index in [2.05, 4.69) is 16.7 Å². The lowest BCUT2D eigenvalue weighted by molar-refractivity contribution is -0.0402. The van der Waals surface area contributed by atoms with Crippen LogP contribution in [0, 0.1) is 5.92 Å². The molecule has 2 bridgehead atoms. The Morgan fingerprint density at radius 2 is 1.78 bits per heavy atom. The summed E-state index contributed by atoms with van der Waals surface area (Å²) in [5.41, 5.74) is 0. The Kier molecular flexibility index (Phi) is 4.22. The molecule has 0 aromatic heterocycles. The van der Waals surface area contributed by atoms with Gasteiger partial charge in [-0.05, 0) is 44.6 Å². The van der Waals surface area contributed by atoms with E-state index in [1.54, 1.807) is 0 Å². The first-order valence-electron chi connectivity index (χ1n) is 7.93. The number of fused-ring (bicyclic) bond motifs is 2. The number of hydrogen-bond acceptors (Lipinski definition) is 3. The van der Waals surface area contributed by atoms with Crippen LogP contribution in [0.3, 0.4) is 0 Å². The predicted octanol–water partition coefficient (Wildman–Crippen LogP) is 1.97. The van der Waals surface area contributed by atoms with Crippen molar-refractivity contribution in [2.24, 2.45) is 5.92 Å². The highest BCUT2D eigenvalue weighted by atomic mass is 16.5. The molecule has 0 aromatic rings. The third-order valence-corrected chi connectivity index (χ3v) is 4.60. The smallest absolute Gasteiger partial charge is 0.0707 e. The standard InChI is InChI=1S/C15H28N2O/c1-2-7-16(10-13-3-4-13)8-9-17-11-14-5-6-15(12-17)18-14/h13-15H,2-12H2,1H3/t14-,15+. The van der Waals surface area contributed by atoms with Gasteiger partial charge in [-0.1, -0.05) is 6.92 Å². The van der Waals surface area contributed by atoms with Crippen molar-refractivity contribution in [3.8, 4) is 0 Å². The minimum Gasteiger partial charge on any atom is -0.372 e. The fourth-order valence-corrected chi connectivity index (χ4v) is 3.44. The Bertz CT molecular complexity index is 253. The number of nitrogens with zero attached hydrogens (tertiary/aromatic N) is 2. The average Bonchev–Trinajstić information content (AvgIpc) is 3.12. The van der Waals surface area contributed by atoms with Gasteiger partial charge in [0.25, 0.3) is 0 Å². The van der Waals surface area contributed by atoms with Gasteiger partial charge < -0.3 is 9.64 Å². The zero-order valence-corrected chi connectivity index (χ0v) is 11.8. The van der Waals surface area contributed by atoms with Gasteiger partial charge in [-0.2, -0.15) is 0 Å². The van der Waals surface area contributed by atoms with Gasteiger partial charge in [0.15, 0.2) is 0 Å². The topological polar surface area (TPSA) is 15.7 Å². The molecular weight excluding hydrogens is 224 g/mol. The molecule has 1 aliphatic carbocycles. The van der Waals surface area contributed by atoms with Crippen molar-refractivity contribution in [1.82, 2.24) is 9.80 Å². The maximum atomic E-state index is 5.90. The van der Waals surface area contributed by atoms with E-state index in [9.17, 15) is 0 Å². The summed E-state index contributed by atoms with van der Waals surface area (Å²) < 4.78 is 5.90. The molecule has 1 saturated carbocycles. The quantitative estimate of drug-likeness (QED) is 0.689. The van der Waals surface area contributed by atoms with Crippen molar-refractivity contribution in [2.75, 3.05) is 39.3 Å². The minimum atomic E-state index is 0.548. The molecule has 3 nitrogen and oxygen atoms in total. The van der Waals surface area contributed by atoms with Crippen LogP contribution in [0.15, 0.2) is 0 Å². The zero-order chi connectivity index (χ0) is 12.4. The van der Waals surface area contributed by atoms with Crippen molar-refractivity contribution in [2.45, 2.75) is 51.2 Å². The molecule has 2 saturated heterocycles. The van der Waals surface area contributed by atoms with Gasteiger partial charge in [0.05, 0.1) is 12.2 Å². The molecule has 2 atom stereocenters. The number of rotatable bonds is 7. The summed E-state index contributed by atoms with van der Waals surface area (Å²) in [6.45, 7) is 9.82. The van der Waals surface area contributed by atoms with Crippen LogP contribution in [0.2, 0.25) is 0 Å². The highest BCUT2D eigenvalue weighted by molar-refractivity contribution is 4.85. The molecule has 2 heterocycles. The second-order valence-electron chi connectivity index (χ2n) is 6.46. The van der Waals surface area contributed by atoms with Crippen molar-refractivity contribution in [3.05, 3.63) is 0 Å². The third-order valence-electron chi connectivity index (χ3n) is 4.60. The van der Waals surface area contributed by atoms with Crippen LogP contribution in [0.5, 0.6) is 0 Å². The van der Waals surface area contributed by atoms with Crippen LogP contribution in [-0.2, 0) is 4.74 Å². The summed E-state index contributed by atoms with van der Waals surface area (Å²) in [7, 11) is 0. The molecular formula is C15H28N2O. The fourth-order valence-electron chi connectivity index (χ4n) is 3.44. The van der Waals surface area contributed by atoms with E-state index in [-0.39, 0.29) is 0 Å². The normalized spacial score (nSPS) is 32.3. The van der Waals surface area contributed by atoms with Crippen molar-refractivity contribution in [1.29, 1.82) is 0 Å². The number of likely N-dealkylation sites (tertiary alicyclic amines) is 1. The van der Waals surface area contributed by atoms with Crippen molar-refractivity contribution < 1.29 is 4.74 Å². The number of hydrogen-bond donors (Lipinski definition) is 0. The lowest BCUT2D eigenvalue weighted by Gasteiger charge is -2.33. The second-order valence-corrected chi connectivity index (χ2v) is 6.46. The summed E-state index contributed by atoms with van der Waals surface area (Å²) in [6.07, 6.45) is 7.92. The highest BCUT2D eigenvalue weighted by Crippen LogP contribution is 2.30. The summed E-state index contributed by atoms with van der Waals surface area (Å²) in [6, 6.07) is 0. The summed E-state index contributed by atoms with van der Waals surface area (Å²) >= 11 is 0. The van der Waals surface area contributed by atoms with Crippen LogP contribution >= 0.6 is 0 Å². The summed E-state index contributed by atoms with van der Waals surface area (Å²) in [5, 5.41) is 0. The monoisotopic (exact) mass is 252 g/mol. The maximum absolute atomic E-state index is 5.90. The Balaban J connectivity index is 1.41. The van der Waals surface area contributed by atoms with E-state index >= 15 is 0 Å². The van der Waals surface area contributed by atoms with E-state index in [1.165, 1.54) is 71.4 Å². The van der Waals surface area contributed by atoms with Gasteiger partial charge in [-0.25, -0.2) is 0 Å². The number of ether oxygens (including phenoxy) is 1. The largest absolute Gasteiger partial charge is 0.372 e. The van der Waals surface area contributed by atoms with E-state index in [0.29, 0.717) is 12.2 Å². The zero-order valence-electron chi connectivity index (χ0n) is 11.8. The van der Waals surface area contributed by atoms with Gasteiger partial charge in [-0.15, -0.1) is 0 Å². The fraction of sp³-hybridized carbons (Fsp3) is 1.00. The van der Waals surface area contributed by atoms with Crippen LogP contribution in [0.1, 0.15) is 39.0 Å². The highest BCUT2D eigenvalue weighted by Gasteiger charge is 2.33. The molecule has 0 N–H and O–H groups in total. The SMILES string of the molecule is CCCN(CCN1C[C@H]2CC[C@@H](C1)O2)CC1CC1. The molecule has 18 heavy (non-hydrogen) atoms. The summed E-state index contributed by atoms with van der Waals surface area (Å²) in [4.78, 5) is 5.33. The van der Waals surface area contributed by atoms with Crippen LogP contribution in [0.4, 0.5) is 0 Å². The molecule has 0 unspecified atom stereocenters. The van der Waals surface area contributed by atoms with E-state index < -0.39 is 0 Å². The lowest BCUT2D eigenvalue weighted by atomic mass is 10.2. The molecule has 0 amide bonds. The molecule has 3 heteroatoms. The second kappa shape index (κ2) is 5.89.